The molecule has 2 aromatic heterocycles. The van der Waals surface area contributed by atoms with Crippen molar-refractivity contribution in [3.63, 3.8) is 0 Å². The Morgan fingerprint density at radius 1 is 1.11 bits per heavy atom. The molecule has 1 aliphatic rings. The van der Waals surface area contributed by atoms with Crippen LogP contribution in [-0.4, -0.2) is 63.1 Å². The normalized spacial score (nSPS) is 14.9. The Balaban J connectivity index is 0.00000225. The number of guanidine groups is 1. The summed E-state index contributed by atoms with van der Waals surface area (Å²) in [6.45, 7) is 4.06. The lowest BCUT2D eigenvalue weighted by atomic mass is 10.3. The maximum atomic E-state index is 12.1. The highest BCUT2D eigenvalue weighted by Crippen LogP contribution is 2.10. The van der Waals surface area contributed by atoms with E-state index in [4.69, 9.17) is 5.73 Å². The number of nitrogens with two attached hydrogens (primary N) is 1. The SMILES string of the molecule is I.NC(=NCCn1c(=O)[nH]c2ccccc21)N1CCN(c2ncccn2)CC1. The van der Waals surface area contributed by atoms with E-state index >= 15 is 0 Å². The van der Waals surface area contributed by atoms with Crippen LogP contribution < -0.4 is 16.3 Å². The van der Waals surface area contributed by atoms with E-state index in [9.17, 15) is 4.79 Å². The molecule has 0 aliphatic carbocycles. The van der Waals surface area contributed by atoms with Crippen molar-refractivity contribution in [2.24, 2.45) is 10.7 Å². The number of H-pyrrole nitrogens is 1. The number of anilines is 1. The second-order valence-electron chi connectivity index (χ2n) is 6.36. The molecule has 3 heterocycles. The van der Waals surface area contributed by atoms with Crippen LogP contribution in [0.4, 0.5) is 5.95 Å². The standard InChI is InChI=1S/C18H22N8O.HI/c19-16(24-10-12-25(13-11-24)17-21-6-3-7-22-17)20-8-9-26-15-5-2-1-4-14(15)23-18(26)27;/h1-7H,8-13H2,(H2,19,20)(H,23,27);1H. The maximum Gasteiger partial charge on any atom is 0.326 e. The number of rotatable bonds is 4. The van der Waals surface area contributed by atoms with Crippen molar-refractivity contribution in [2.45, 2.75) is 6.54 Å². The third-order valence-electron chi connectivity index (χ3n) is 4.72. The van der Waals surface area contributed by atoms with Gasteiger partial charge in [-0.25, -0.2) is 14.8 Å². The first-order valence-electron chi connectivity index (χ1n) is 8.97. The maximum absolute atomic E-state index is 12.1. The van der Waals surface area contributed by atoms with E-state index < -0.39 is 0 Å². The highest BCUT2D eigenvalue weighted by molar-refractivity contribution is 14.0. The molecule has 148 valence electrons. The summed E-state index contributed by atoms with van der Waals surface area (Å²) in [5.41, 5.74) is 7.74. The first kappa shape index (κ1) is 20.1. The predicted molar refractivity (Wildman–Crippen MR) is 120 cm³/mol. The highest BCUT2D eigenvalue weighted by atomic mass is 127. The van der Waals surface area contributed by atoms with Crippen LogP contribution in [-0.2, 0) is 6.54 Å². The van der Waals surface area contributed by atoms with E-state index in [1.165, 1.54) is 0 Å². The fourth-order valence-electron chi connectivity index (χ4n) is 3.28. The van der Waals surface area contributed by atoms with Gasteiger partial charge < -0.3 is 20.5 Å². The number of hydrogen-bond acceptors (Lipinski definition) is 5. The number of piperazine rings is 1. The quantitative estimate of drug-likeness (QED) is 0.317. The number of aliphatic imine (C=N–C) groups is 1. The van der Waals surface area contributed by atoms with Gasteiger partial charge in [-0.05, 0) is 18.2 Å². The fourth-order valence-corrected chi connectivity index (χ4v) is 3.28. The van der Waals surface area contributed by atoms with Gasteiger partial charge >= 0.3 is 5.69 Å². The van der Waals surface area contributed by atoms with Gasteiger partial charge in [-0.1, -0.05) is 12.1 Å². The average Bonchev–Trinajstić information content (AvgIpc) is 3.04. The number of aromatic amines is 1. The first-order chi connectivity index (χ1) is 13.2. The summed E-state index contributed by atoms with van der Waals surface area (Å²) in [7, 11) is 0. The van der Waals surface area contributed by atoms with E-state index in [2.05, 4.69) is 29.7 Å². The molecule has 9 nitrogen and oxygen atoms in total. The molecule has 1 aliphatic heterocycles. The van der Waals surface area contributed by atoms with E-state index in [1.807, 2.05) is 30.3 Å². The molecule has 1 saturated heterocycles. The van der Waals surface area contributed by atoms with Gasteiger partial charge in [0.15, 0.2) is 5.96 Å². The minimum Gasteiger partial charge on any atom is -0.370 e. The van der Waals surface area contributed by atoms with Gasteiger partial charge in [0.1, 0.15) is 0 Å². The van der Waals surface area contributed by atoms with Gasteiger partial charge in [-0.2, -0.15) is 0 Å². The Morgan fingerprint density at radius 3 is 2.57 bits per heavy atom. The van der Waals surface area contributed by atoms with Crippen molar-refractivity contribution in [1.29, 1.82) is 0 Å². The molecule has 4 rings (SSSR count). The molecule has 0 radical (unpaired) electrons. The topological polar surface area (TPSA) is 108 Å². The van der Waals surface area contributed by atoms with Gasteiger partial charge in [0, 0.05) is 45.1 Å². The molecule has 1 fully saturated rings. The number of benzene rings is 1. The average molecular weight is 494 g/mol. The molecule has 0 bridgehead atoms. The highest BCUT2D eigenvalue weighted by Gasteiger charge is 2.19. The lowest BCUT2D eigenvalue weighted by Gasteiger charge is -2.35. The van der Waals surface area contributed by atoms with Crippen molar-refractivity contribution in [1.82, 2.24) is 24.4 Å². The number of aromatic nitrogens is 4. The number of para-hydroxylation sites is 2. The van der Waals surface area contributed by atoms with Crippen molar-refractivity contribution < 1.29 is 0 Å². The Kier molecular flexibility index (Phi) is 6.49. The van der Waals surface area contributed by atoms with Crippen molar-refractivity contribution in [2.75, 3.05) is 37.6 Å². The molecule has 10 heteroatoms. The molecular weight excluding hydrogens is 471 g/mol. The summed E-state index contributed by atoms with van der Waals surface area (Å²) in [6.07, 6.45) is 3.49. The van der Waals surface area contributed by atoms with Crippen LogP contribution in [0, 0.1) is 0 Å². The van der Waals surface area contributed by atoms with Crippen LogP contribution in [0.3, 0.4) is 0 Å². The monoisotopic (exact) mass is 494 g/mol. The van der Waals surface area contributed by atoms with Crippen LogP contribution in [0.15, 0.2) is 52.5 Å². The number of imidazole rings is 1. The van der Waals surface area contributed by atoms with Gasteiger partial charge in [0.2, 0.25) is 5.95 Å². The number of fused-ring (bicyclic) bond motifs is 1. The molecular formula is C18H23IN8O. The van der Waals surface area contributed by atoms with Gasteiger partial charge in [-0.3, -0.25) is 9.56 Å². The Hall–Kier alpha value is -2.63. The molecule has 0 saturated carbocycles. The Bertz CT molecular complexity index is 991. The van der Waals surface area contributed by atoms with E-state index in [0.29, 0.717) is 19.0 Å². The minimum absolute atomic E-state index is 0. The largest absolute Gasteiger partial charge is 0.370 e. The molecule has 0 amide bonds. The zero-order valence-corrected chi connectivity index (χ0v) is 17.7. The molecule has 0 spiro atoms. The lowest BCUT2D eigenvalue weighted by molar-refractivity contribution is 0.378. The van der Waals surface area contributed by atoms with Gasteiger partial charge in [0.05, 0.1) is 17.6 Å². The first-order valence-corrected chi connectivity index (χ1v) is 8.97. The summed E-state index contributed by atoms with van der Waals surface area (Å²) in [5.74, 6) is 1.25. The molecule has 3 aromatic rings. The number of nitrogens with one attached hydrogen (secondary N) is 1. The Labute approximate surface area is 179 Å². The fraction of sp³-hybridized carbons (Fsp3) is 0.333. The second kappa shape index (κ2) is 9.04. The third kappa shape index (κ3) is 4.26. The summed E-state index contributed by atoms with van der Waals surface area (Å²) in [5, 5.41) is 0. The molecule has 1 aromatic carbocycles. The summed E-state index contributed by atoms with van der Waals surface area (Å²) >= 11 is 0. The minimum atomic E-state index is -0.124. The predicted octanol–water partition coefficient (Wildman–Crippen LogP) is 0.874. The lowest BCUT2D eigenvalue weighted by Crippen LogP contribution is -2.51. The van der Waals surface area contributed by atoms with Crippen LogP contribution >= 0.6 is 24.0 Å². The van der Waals surface area contributed by atoms with Gasteiger partial charge in [-0.15, -0.1) is 24.0 Å². The van der Waals surface area contributed by atoms with Crippen LogP contribution in [0.1, 0.15) is 0 Å². The number of halogens is 1. The van der Waals surface area contributed by atoms with Crippen LogP contribution in [0.25, 0.3) is 11.0 Å². The van der Waals surface area contributed by atoms with E-state index in [1.54, 1.807) is 17.0 Å². The van der Waals surface area contributed by atoms with Crippen molar-refractivity contribution in [3.05, 3.63) is 53.2 Å². The molecule has 0 atom stereocenters. The summed E-state index contributed by atoms with van der Waals surface area (Å²) < 4.78 is 1.69. The van der Waals surface area contributed by atoms with E-state index in [-0.39, 0.29) is 29.7 Å². The molecule has 3 N–H and O–H groups in total. The van der Waals surface area contributed by atoms with Gasteiger partial charge in [0.25, 0.3) is 0 Å². The summed E-state index contributed by atoms with van der Waals surface area (Å²) in [4.78, 5) is 32.2. The molecule has 28 heavy (non-hydrogen) atoms. The smallest absolute Gasteiger partial charge is 0.326 e. The Morgan fingerprint density at radius 2 is 1.82 bits per heavy atom. The van der Waals surface area contributed by atoms with Crippen LogP contribution in [0.5, 0.6) is 0 Å². The third-order valence-corrected chi connectivity index (χ3v) is 4.72. The zero-order chi connectivity index (χ0) is 18.6. The number of hydrogen-bond donors (Lipinski definition) is 2. The number of nitrogens with zero attached hydrogens (tertiary/aromatic N) is 6. The van der Waals surface area contributed by atoms with Crippen molar-refractivity contribution >= 4 is 46.9 Å². The summed E-state index contributed by atoms with van der Waals surface area (Å²) in [6, 6.07) is 9.44. The second-order valence-corrected chi connectivity index (χ2v) is 6.36. The van der Waals surface area contributed by atoms with Crippen LogP contribution in [0.2, 0.25) is 0 Å². The van der Waals surface area contributed by atoms with Crippen molar-refractivity contribution in [3.8, 4) is 0 Å². The van der Waals surface area contributed by atoms with E-state index in [0.717, 1.165) is 43.2 Å². The molecule has 0 unspecified atom stereocenters. The zero-order valence-electron chi connectivity index (χ0n) is 15.4.